The quantitative estimate of drug-likeness (QED) is 0.313. The number of nitrogen functional groups attached to an aromatic ring is 1. The second-order valence-electron chi connectivity index (χ2n) is 3.15. The Kier molecular flexibility index (Phi) is 3.65. The third-order valence-corrected chi connectivity index (χ3v) is 6.00. The van der Waals surface area contributed by atoms with E-state index in [1.807, 2.05) is 0 Å². The van der Waals surface area contributed by atoms with E-state index in [0.29, 0.717) is 13.0 Å². The lowest BCUT2D eigenvalue weighted by Gasteiger charge is -2.12. The molecule has 80 valence electrons. The van der Waals surface area contributed by atoms with E-state index in [-0.39, 0.29) is 5.97 Å². The molecule has 0 saturated carbocycles. The van der Waals surface area contributed by atoms with Crippen LogP contribution in [-0.4, -0.2) is 5.97 Å². The van der Waals surface area contributed by atoms with Crippen molar-refractivity contribution >= 4 is 79.4 Å². The van der Waals surface area contributed by atoms with Crippen molar-refractivity contribution in [1.29, 1.82) is 0 Å². The number of halogens is 3. The smallest absolute Gasteiger partial charge is 0.310 e. The van der Waals surface area contributed by atoms with E-state index < -0.39 is 0 Å². The van der Waals surface area contributed by atoms with Gasteiger partial charge in [0.2, 0.25) is 0 Å². The first-order valence-corrected chi connectivity index (χ1v) is 7.35. The summed E-state index contributed by atoms with van der Waals surface area (Å²) in [4.78, 5) is 11.4. The number of rotatable bonds is 0. The Labute approximate surface area is 128 Å². The van der Waals surface area contributed by atoms with Crippen molar-refractivity contribution in [3.63, 3.8) is 0 Å². The van der Waals surface area contributed by atoms with Gasteiger partial charge in [0.25, 0.3) is 0 Å². The van der Waals surface area contributed by atoms with Crippen LogP contribution in [0.3, 0.4) is 0 Å². The summed E-state index contributed by atoms with van der Waals surface area (Å²) in [7, 11) is 0. The molecule has 1 aliphatic rings. The van der Waals surface area contributed by atoms with Gasteiger partial charge in [0.15, 0.2) is 0 Å². The largest absolute Gasteiger partial charge is 0.460 e. The summed E-state index contributed by atoms with van der Waals surface area (Å²) < 4.78 is 8.21. The minimum atomic E-state index is -0.178. The topological polar surface area (TPSA) is 52.3 Å². The zero-order chi connectivity index (χ0) is 11.2. The summed E-state index contributed by atoms with van der Waals surface area (Å²) in [5.41, 5.74) is 8.80. The molecule has 0 spiro atoms. The molecule has 0 fully saturated rings. The standard InChI is InChI=1S/C9H6I3NO2/c10-6-3-1-5(14)15-2-4(6)8(12)9(13)7(3)11/h1-2,13H2. The summed E-state index contributed by atoms with van der Waals surface area (Å²) >= 11 is 6.66. The van der Waals surface area contributed by atoms with Crippen molar-refractivity contribution < 1.29 is 9.53 Å². The number of esters is 1. The van der Waals surface area contributed by atoms with Gasteiger partial charge in [-0.25, -0.2) is 0 Å². The molecule has 1 aromatic carbocycles. The van der Waals surface area contributed by atoms with Crippen LogP contribution in [0.25, 0.3) is 0 Å². The Morgan fingerprint density at radius 2 is 1.67 bits per heavy atom. The lowest BCUT2D eigenvalue weighted by atomic mass is 10.1. The van der Waals surface area contributed by atoms with Gasteiger partial charge in [0.1, 0.15) is 6.61 Å². The molecule has 2 N–H and O–H groups in total. The molecule has 0 radical (unpaired) electrons. The zero-order valence-corrected chi connectivity index (χ0v) is 13.9. The Balaban J connectivity index is 2.75. The second kappa shape index (κ2) is 4.51. The fourth-order valence-corrected chi connectivity index (χ4v) is 5.29. The molecular weight excluding hydrogens is 535 g/mol. The molecule has 2 bridgehead atoms. The van der Waals surface area contributed by atoms with E-state index in [0.717, 1.165) is 27.5 Å². The van der Waals surface area contributed by atoms with Gasteiger partial charge in [-0.05, 0) is 73.3 Å². The fourth-order valence-electron chi connectivity index (χ4n) is 1.43. The Bertz CT molecular complexity index is 459. The molecule has 0 aliphatic carbocycles. The maximum absolute atomic E-state index is 11.4. The number of anilines is 1. The average Bonchev–Trinajstić information content (AvgIpc) is 2.32. The lowest BCUT2D eigenvalue weighted by molar-refractivity contribution is -0.143. The van der Waals surface area contributed by atoms with Gasteiger partial charge in [-0.2, -0.15) is 0 Å². The zero-order valence-electron chi connectivity index (χ0n) is 7.44. The van der Waals surface area contributed by atoms with Crippen LogP contribution >= 0.6 is 67.8 Å². The first kappa shape index (κ1) is 12.1. The van der Waals surface area contributed by atoms with E-state index >= 15 is 0 Å². The summed E-state index contributed by atoms with van der Waals surface area (Å²) in [6.45, 7) is 0.337. The van der Waals surface area contributed by atoms with Crippen LogP contribution in [0.1, 0.15) is 11.1 Å². The fraction of sp³-hybridized carbons (Fsp3) is 0.222. The number of hydrogen-bond acceptors (Lipinski definition) is 3. The van der Waals surface area contributed by atoms with Crippen LogP contribution in [0.5, 0.6) is 0 Å². The van der Waals surface area contributed by atoms with Crippen LogP contribution in [0.15, 0.2) is 0 Å². The van der Waals surface area contributed by atoms with E-state index in [2.05, 4.69) is 67.8 Å². The molecule has 1 aromatic rings. The first-order valence-electron chi connectivity index (χ1n) is 4.11. The summed E-state index contributed by atoms with van der Waals surface area (Å²) in [6.07, 6.45) is 0.324. The highest BCUT2D eigenvalue weighted by Gasteiger charge is 2.24. The molecule has 0 saturated heterocycles. The molecule has 1 aliphatic heterocycles. The third-order valence-electron chi connectivity index (χ3n) is 2.23. The van der Waals surface area contributed by atoms with Crippen molar-refractivity contribution in [2.75, 3.05) is 5.73 Å². The Hall–Kier alpha value is 0.680. The SMILES string of the molecule is Nc1c(I)c2c(I)c(c1I)CC(=O)OC2. The monoisotopic (exact) mass is 541 g/mol. The lowest BCUT2D eigenvalue weighted by Crippen LogP contribution is -2.06. The van der Waals surface area contributed by atoms with Crippen LogP contribution < -0.4 is 5.73 Å². The predicted octanol–water partition coefficient (Wildman–Crippen LogP) is 2.68. The number of fused-ring (bicyclic) bond motifs is 2. The van der Waals surface area contributed by atoms with Gasteiger partial charge >= 0.3 is 5.97 Å². The molecular formula is C9H6I3NO2. The number of cyclic esters (lactones) is 1. The number of carbonyl (C=O) groups is 1. The van der Waals surface area contributed by atoms with Crippen LogP contribution in [0.2, 0.25) is 0 Å². The molecule has 0 amide bonds. The van der Waals surface area contributed by atoms with Gasteiger partial charge in [-0.1, -0.05) is 0 Å². The summed E-state index contributed by atoms with van der Waals surface area (Å²) in [5, 5.41) is 0. The van der Waals surface area contributed by atoms with E-state index in [1.54, 1.807) is 0 Å². The van der Waals surface area contributed by atoms with Crippen molar-refractivity contribution in [3.8, 4) is 0 Å². The Morgan fingerprint density at radius 3 is 2.33 bits per heavy atom. The molecule has 1 heterocycles. The van der Waals surface area contributed by atoms with E-state index in [4.69, 9.17) is 10.5 Å². The number of benzene rings is 1. The van der Waals surface area contributed by atoms with Gasteiger partial charge in [-0.3, -0.25) is 4.79 Å². The minimum Gasteiger partial charge on any atom is -0.460 e. The number of carbonyl (C=O) groups excluding carboxylic acids is 1. The molecule has 0 atom stereocenters. The highest BCUT2D eigenvalue weighted by Crippen LogP contribution is 2.35. The van der Waals surface area contributed by atoms with Crippen molar-refractivity contribution in [1.82, 2.24) is 0 Å². The van der Waals surface area contributed by atoms with Crippen molar-refractivity contribution in [2.24, 2.45) is 0 Å². The van der Waals surface area contributed by atoms with Crippen LogP contribution in [0.4, 0.5) is 5.69 Å². The number of hydrogen-bond donors (Lipinski definition) is 1. The predicted molar refractivity (Wildman–Crippen MR) is 82.5 cm³/mol. The normalized spacial score (nSPS) is 14.7. The third kappa shape index (κ3) is 2.08. The molecule has 2 rings (SSSR count). The average molecular weight is 541 g/mol. The van der Waals surface area contributed by atoms with Gasteiger partial charge in [0.05, 0.1) is 12.1 Å². The van der Waals surface area contributed by atoms with Gasteiger partial charge in [-0.15, -0.1) is 0 Å². The summed E-state index contributed by atoms with van der Waals surface area (Å²) in [5.74, 6) is -0.178. The number of nitrogens with two attached hydrogens (primary N) is 1. The van der Waals surface area contributed by atoms with Crippen molar-refractivity contribution in [2.45, 2.75) is 13.0 Å². The molecule has 0 aromatic heterocycles. The highest BCUT2D eigenvalue weighted by atomic mass is 127. The number of ether oxygens (including phenoxy) is 1. The van der Waals surface area contributed by atoms with E-state index in [1.165, 1.54) is 0 Å². The molecule has 6 heteroatoms. The molecule has 3 nitrogen and oxygen atoms in total. The minimum absolute atomic E-state index is 0.178. The molecule has 0 unspecified atom stereocenters. The molecule has 15 heavy (non-hydrogen) atoms. The first-order chi connectivity index (χ1) is 7.02. The van der Waals surface area contributed by atoms with Crippen LogP contribution in [0, 0.1) is 10.7 Å². The summed E-state index contributed by atoms with van der Waals surface area (Å²) in [6, 6.07) is 0. The van der Waals surface area contributed by atoms with Crippen molar-refractivity contribution in [3.05, 3.63) is 21.8 Å². The highest BCUT2D eigenvalue weighted by molar-refractivity contribution is 14.1. The maximum atomic E-state index is 11.4. The van der Waals surface area contributed by atoms with Gasteiger partial charge < -0.3 is 10.5 Å². The Morgan fingerprint density at radius 1 is 1.07 bits per heavy atom. The van der Waals surface area contributed by atoms with Crippen LogP contribution in [-0.2, 0) is 22.6 Å². The van der Waals surface area contributed by atoms with Gasteiger partial charge in [0, 0.05) is 16.3 Å². The second-order valence-corrected chi connectivity index (χ2v) is 6.39. The maximum Gasteiger partial charge on any atom is 0.310 e. The van der Waals surface area contributed by atoms with E-state index in [9.17, 15) is 4.79 Å².